The predicted octanol–water partition coefficient (Wildman–Crippen LogP) is 0.930. The van der Waals surface area contributed by atoms with Crippen LogP contribution in [0.3, 0.4) is 0 Å². The van der Waals surface area contributed by atoms with Crippen LogP contribution in [0.2, 0.25) is 0 Å². The molecule has 0 N–H and O–H groups in total. The molecule has 6 heteroatoms. The van der Waals surface area contributed by atoms with Gasteiger partial charge in [0.2, 0.25) is 0 Å². The van der Waals surface area contributed by atoms with Crippen LogP contribution < -0.4 is 0 Å². The Morgan fingerprint density at radius 3 is 2.86 bits per heavy atom. The molecule has 14 heavy (non-hydrogen) atoms. The maximum Gasteiger partial charge on any atom is 0.314 e. The van der Waals surface area contributed by atoms with Crippen LogP contribution in [-0.2, 0) is 11.8 Å². The topological polar surface area (TPSA) is 78.0 Å². The van der Waals surface area contributed by atoms with Crippen molar-refractivity contribution in [3.8, 4) is 0 Å². The minimum absolute atomic E-state index is 0.106. The van der Waals surface area contributed by atoms with Gasteiger partial charge in [-0.3, -0.25) is 19.6 Å². The van der Waals surface area contributed by atoms with Crippen LogP contribution in [0.5, 0.6) is 0 Å². The number of carbonyl (C=O) groups is 1. The smallest absolute Gasteiger partial charge is 0.295 e. The van der Waals surface area contributed by atoms with E-state index in [1.807, 2.05) is 0 Å². The summed E-state index contributed by atoms with van der Waals surface area (Å²) in [5.74, 6) is -0.166. The highest BCUT2D eigenvalue weighted by molar-refractivity contribution is 5.91. The molecule has 0 radical (unpaired) electrons. The predicted molar refractivity (Wildman–Crippen MR) is 49.6 cm³/mol. The molecule has 0 bridgehead atoms. The third-order valence-corrected chi connectivity index (χ3v) is 1.64. The summed E-state index contributed by atoms with van der Waals surface area (Å²) in [6.07, 6.45) is 3.80. The normalized spacial score (nSPS) is 10.7. The molecule has 0 aliphatic heterocycles. The first kappa shape index (κ1) is 10.1. The monoisotopic (exact) mass is 195 g/mol. The molecule has 1 rings (SSSR count). The Hall–Kier alpha value is -1.98. The summed E-state index contributed by atoms with van der Waals surface area (Å²) in [7, 11) is 1.58. The molecule has 1 aromatic heterocycles. The summed E-state index contributed by atoms with van der Waals surface area (Å²) < 4.78 is 1.34. The van der Waals surface area contributed by atoms with Gasteiger partial charge >= 0.3 is 5.69 Å². The summed E-state index contributed by atoms with van der Waals surface area (Å²) in [6.45, 7) is 1.37. The van der Waals surface area contributed by atoms with E-state index in [1.165, 1.54) is 23.8 Å². The summed E-state index contributed by atoms with van der Waals surface area (Å²) in [5.41, 5.74) is 0.204. The maximum absolute atomic E-state index is 10.6. The molecule has 0 amide bonds. The molecule has 1 aromatic rings. The van der Waals surface area contributed by atoms with Gasteiger partial charge in [-0.05, 0) is 19.1 Å². The van der Waals surface area contributed by atoms with Crippen LogP contribution in [0.4, 0.5) is 5.69 Å². The Balaban J connectivity index is 3.11. The van der Waals surface area contributed by atoms with Crippen molar-refractivity contribution < 1.29 is 9.72 Å². The highest BCUT2D eigenvalue weighted by atomic mass is 16.6. The zero-order chi connectivity index (χ0) is 10.7. The summed E-state index contributed by atoms with van der Waals surface area (Å²) in [6, 6.07) is 0. The molecular weight excluding hydrogens is 186 g/mol. The molecule has 1 heterocycles. The summed E-state index contributed by atoms with van der Waals surface area (Å²) >= 11 is 0. The van der Waals surface area contributed by atoms with E-state index in [9.17, 15) is 14.9 Å². The zero-order valence-electron chi connectivity index (χ0n) is 7.80. The lowest BCUT2D eigenvalue weighted by Gasteiger charge is -1.93. The fraction of sp³-hybridized carbons (Fsp3) is 0.250. The van der Waals surface area contributed by atoms with Gasteiger partial charge in [0.1, 0.15) is 11.9 Å². The number of carbonyl (C=O) groups excluding carboxylic acids is 1. The van der Waals surface area contributed by atoms with Gasteiger partial charge in [0, 0.05) is 7.05 Å². The fourth-order valence-corrected chi connectivity index (χ4v) is 0.966. The molecule has 0 aliphatic carbocycles. The number of hydrogen-bond donors (Lipinski definition) is 0. The maximum atomic E-state index is 10.6. The van der Waals surface area contributed by atoms with Crippen molar-refractivity contribution in [2.45, 2.75) is 6.92 Å². The van der Waals surface area contributed by atoms with Gasteiger partial charge in [0.15, 0.2) is 5.78 Å². The highest BCUT2D eigenvalue weighted by Crippen LogP contribution is 2.17. The number of aryl methyl sites for hydroxylation is 1. The molecule has 0 spiro atoms. The van der Waals surface area contributed by atoms with Crippen molar-refractivity contribution in [2.75, 3.05) is 0 Å². The van der Waals surface area contributed by atoms with Crippen LogP contribution >= 0.6 is 0 Å². The van der Waals surface area contributed by atoms with Crippen LogP contribution in [0.25, 0.3) is 6.08 Å². The van der Waals surface area contributed by atoms with E-state index in [2.05, 4.69) is 5.10 Å². The van der Waals surface area contributed by atoms with Gasteiger partial charge in [-0.1, -0.05) is 0 Å². The van der Waals surface area contributed by atoms with Gasteiger partial charge in [-0.25, -0.2) is 0 Å². The average Bonchev–Trinajstić information content (AvgIpc) is 2.43. The zero-order valence-corrected chi connectivity index (χ0v) is 7.80. The molecule has 0 atom stereocenters. The largest absolute Gasteiger partial charge is 0.314 e. The molecule has 0 fully saturated rings. The highest BCUT2D eigenvalue weighted by Gasteiger charge is 2.15. The molecule has 0 saturated heterocycles. The molecule has 0 aliphatic rings. The number of allylic oxidation sites excluding steroid dienone is 1. The van der Waals surface area contributed by atoms with Crippen molar-refractivity contribution in [1.29, 1.82) is 0 Å². The molecule has 6 nitrogen and oxygen atoms in total. The van der Waals surface area contributed by atoms with E-state index in [-0.39, 0.29) is 11.5 Å². The van der Waals surface area contributed by atoms with Crippen LogP contribution in [0.1, 0.15) is 12.6 Å². The number of hydrogen-bond acceptors (Lipinski definition) is 4. The van der Waals surface area contributed by atoms with Crippen molar-refractivity contribution in [2.24, 2.45) is 7.05 Å². The Labute approximate surface area is 80.0 Å². The first-order valence-corrected chi connectivity index (χ1v) is 3.87. The quantitative estimate of drug-likeness (QED) is 0.408. The number of nitrogens with zero attached hydrogens (tertiary/aromatic N) is 3. The van der Waals surface area contributed by atoms with Gasteiger partial charge in [-0.15, -0.1) is 0 Å². The lowest BCUT2D eigenvalue weighted by molar-refractivity contribution is -0.385. The van der Waals surface area contributed by atoms with E-state index in [0.29, 0.717) is 5.69 Å². The molecule has 0 aromatic carbocycles. The van der Waals surface area contributed by atoms with Crippen molar-refractivity contribution in [1.82, 2.24) is 9.78 Å². The van der Waals surface area contributed by atoms with Crippen LogP contribution in [0, 0.1) is 10.1 Å². The Bertz CT molecular complexity index is 406. The molecule has 74 valence electrons. The second kappa shape index (κ2) is 3.82. The third-order valence-electron chi connectivity index (χ3n) is 1.64. The van der Waals surface area contributed by atoms with Crippen molar-refractivity contribution in [3.63, 3.8) is 0 Å². The van der Waals surface area contributed by atoms with Gasteiger partial charge in [0.05, 0.1) is 4.92 Å². The minimum atomic E-state index is -0.535. The average molecular weight is 195 g/mol. The Kier molecular flexibility index (Phi) is 2.76. The van der Waals surface area contributed by atoms with E-state index in [4.69, 9.17) is 0 Å². The summed E-state index contributed by atoms with van der Waals surface area (Å²) in [4.78, 5) is 20.6. The van der Waals surface area contributed by atoms with Crippen molar-refractivity contribution >= 4 is 17.5 Å². The lowest BCUT2D eigenvalue weighted by Crippen LogP contribution is -1.96. The van der Waals surface area contributed by atoms with E-state index in [0.717, 1.165) is 6.20 Å². The minimum Gasteiger partial charge on any atom is -0.295 e. The number of nitro groups is 1. The Morgan fingerprint density at radius 2 is 2.36 bits per heavy atom. The van der Waals surface area contributed by atoms with E-state index in [1.54, 1.807) is 7.05 Å². The molecular formula is C8H9N3O3. The third kappa shape index (κ3) is 2.03. The lowest BCUT2D eigenvalue weighted by atomic mass is 10.3. The molecule has 0 unspecified atom stereocenters. The Morgan fingerprint density at radius 1 is 1.71 bits per heavy atom. The number of rotatable bonds is 3. The van der Waals surface area contributed by atoms with E-state index >= 15 is 0 Å². The van der Waals surface area contributed by atoms with Crippen LogP contribution in [-0.4, -0.2) is 20.5 Å². The standard InChI is InChI=1S/C8H9N3O3/c1-6(12)3-4-7-8(11(13)14)5-9-10(7)2/h3-5H,1-2H3/b4-3+. The second-order valence-corrected chi connectivity index (χ2v) is 2.74. The van der Waals surface area contributed by atoms with Gasteiger partial charge in [0.25, 0.3) is 0 Å². The molecule has 0 saturated carbocycles. The van der Waals surface area contributed by atoms with Crippen LogP contribution in [0.15, 0.2) is 12.3 Å². The van der Waals surface area contributed by atoms with Gasteiger partial charge < -0.3 is 0 Å². The SMILES string of the molecule is CC(=O)/C=C/c1c([N+](=O)[O-])cnn1C. The number of ketones is 1. The number of aromatic nitrogens is 2. The first-order valence-electron chi connectivity index (χ1n) is 3.87. The summed E-state index contributed by atoms with van der Waals surface area (Å²) in [5, 5.41) is 14.2. The second-order valence-electron chi connectivity index (χ2n) is 2.74. The van der Waals surface area contributed by atoms with Gasteiger partial charge in [-0.2, -0.15) is 5.10 Å². The van der Waals surface area contributed by atoms with Crippen molar-refractivity contribution in [3.05, 3.63) is 28.1 Å². The fourth-order valence-electron chi connectivity index (χ4n) is 0.966. The van der Waals surface area contributed by atoms with E-state index < -0.39 is 4.92 Å². The first-order chi connectivity index (χ1) is 6.52.